The molecule has 0 radical (unpaired) electrons. The number of rotatable bonds is 5. The van der Waals surface area contributed by atoms with Gasteiger partial charge in [-0.25, -0.2) is 0 Å². The Morgan fingerprint density at radius 1 is 0.313 bits per heavy atom. The second-order valence-electron chi connectivity index (χ2n) is 18.8. The summed E-state index contributed by atoms with van der Waals surface area (Å²) in [6.45, 7) is 4.70. The van der Waals surface area contributed by atoms with Gasteiger partial charge < -0.3 is 13.7 Å². The van der Waals surface area contributed by atoms with Crippen molar-refractivity contribution in [2.75, 3.05) is 0 Å². The fourth-order valence-electron chi connectivity index (χ4n) is 11.8. The van der Waals surface area contributed by atoms with Crippen LogP contribution in [0.25, 0.3) is 98.4 Å². The van der Waals surface area contributed by atoms with Crippen LogP contribution in [0.5, 0.6) is 0 Å². The summed E-state index contributed by atoms with van der Waals surface area (Å²) in [4.78, 5) is 0. The quantitative estimate of drug-likeness (QED) is 0.125. The maximum atomic E-state index is 17.3. The van der Waals surface area contributed by atoms with Crippen molar-refractivity contribution in [3.63, 3.8) is 0 Å². The second kappa shape index (κ2) is 14.0. The molecule has 1 aliphatic rings. The van der Waals surface area contributed by atoms with E-state index in [1.807, 2.05) is 0 Å². The van der Waals surface area contributed by atoms with Crippen LogP contribution in [-0.2, 0) is 9.98 Å². The second-order valence-corrected chi connectivity index (χ2v) is 21.5. The highest BCUT2D eigenvalue weighted by molar-refractivity contribution is 7.85. The molecule has 4 heteroatoms. The number of fused-ring (bicyclic) bond motifs is 15. The first kappa shape index (κ1) is 38.3. The number of benzene rings is 11. The van der Waals surface area contributed by atoms with Crippen LogP contribution in [0.1, 0.15) is 25.0 Å². The molecule has 2 heterocycles. The Morgan fingerprint density at radius 3 is 1.28 bits per heavy atom. The average molecular weight is 875 g/mol. The molecule has 0 saturated heterocycles. The van der Waals surface area contributed by atoms with E-state index in [0.717, 1.165) is 81.7 Å². The molecule has 67 heavy (non-hydrogen) atoms. The molecule has 316 valence electrons. The fourth-order valence-corrected chi connectivity index (χ4v) is 14.5. The zero-order chi connectivity index (χ0) is 44.6. The lowest BCUT2D eigenvalue weighted by Gasteiger charge is -2.23. The van der Waals surface area contributed by atoms with Crippen LogP contribution in [0, 0.1) is 0 Å². The van der Waals surface area contributed by atoms with Gasteiger partial charge in [-0.05, 0) is 146 Å². The first-order valence-electron chi connectivity index (χ1n) is 23.2. The maximum absolute atomic E-state index is 17.3. The molecule has 0 bridgehead atoms. The highest BCUT2D eigenvalue weighted by Gasteiger charge is 2.36. The molecule has 0 unspecified atom stereocenters. The highest BCUT2D eigenvalue weighted by atomic mass is 31.2. The Morgan fingerprint density at radius 2 is 0.716 bits per heavy atom. The summed E-state index contributed by atoms with van der Waals surface area (Å²) < 4.78 is 22.0. The molecule has 0 N–H and O–H groups in total. The van der Waals surface area contributed by atoms with Gasteiger partial charge in [0.05, 0.1) is 22.1 Å². The third-order valence-electron chi connectivity index (χ3n) is 15.0. The summed E-state index contributed by atoms with van der Waals surface area (Å²) in [6, 6.07) is 80.6. The minimum atomic E-state index is -3.60. The van der Waals surface area contributed by atoms with Crippen LogP contribution in [0.2, 0.25) is 0 Å². The lowest BCUT2D eigenvalue weighted by molar-refractivity contribution is 0.592. The number of hydrogen-bond acceptors (Lipinski definition) is 1. The lowest BCUT2D eigenvalue weighted by atomic mass is 9.81. The summed E-state index contributed by atoms with van der Waals surface area (Å²) >= 11 is 0. The van der Waals surface area contributed by atoms with Gasteiger partial charge in [0.15, 0.2) is 7.14 Å². The number of para-hydroxylation sites is 4. The molecule has 0 atom stereocenters. The molecule has 0 fully saturated rings. The molecule has 0 saturated carbocycles. The van der Waals surface area contributed by atoms with E-state index in [0.29, 0.717) is 0 Å². The largest absolute Gasteiger partial charge is 0.309 e. The monoisotopic (exact) mass is 874 g/mol. The van der Waals surface area contributed by atoms with Crippen molar-refractivity contribution in [2.45, 2.75) is 19.3 Å². The van der Waals surface area contributed by atoms with E-state index in [-0.39, 0.29) is 5.41 Å². The molecule has 13 aromatic rings. The fraction of sp³-hybridized carbons (Fsp3) is 0.0476. The van der Waals surface area contributed by atoms with Gasteiger partial charge in [-0.2, -0.15) is 0 Å². The van der Waals surface area contributed by atoms with Gasteiger partial charge in [-0.3, -0.25) is 0 Å². The van der Waals surface area contributed by atoms with Crippen molar-refractivity contribution in [3.8, 4) is 22.5 Å². The molecule has 2 aromatic heterocycles. The van der Waals surface area contributed by atoms with Gasteiger partial charge in [-0.1, -0.05) is 147 Å². The van der Waals surface area contributed by atoms with Crippen LogP contribution in [-0.4, -0.2) is 9.13 Å². The minimum Gasteiger partial charge on any atom is -0.309 e. The normalized spacial score (nSPS) is 13.4. The number of hydrogen-bond donors (Lipinski definition) is 0. The van der Waals surface area contributed by atoms with E-state index < -0.39 is 7.14 Å². The van der Waals surface area contributed by atoms with Crippen LogP contribution in [0.4, 0.5) is 0 Å². The smallest absolute Gasteiger partial charge is 0.171 e. The molecular formula is C63H43N2OP. The third kappa shape index (κ3) is 5.32. The first-order chi connectivity index (χ1) is 32.9. The van der Waals surface area contributed by atoms with Gasteiger partial charge >= 0.3 is 0 Å². The zero-order valence-electron chi connectivity index (χ0n) is 37.1. The summed E-state index contributed by atoms with van der Waals surface area (Å²) in [5, 5.41) is 13.9. The van der Waals surface area contributed by atoms with Crippen LogP contribution < -0.4 is 15.9 Å². The number of nitrogens with zero attached hydrogens (tertiary/aromatic N) is 2. The molecule has 0 spiro atoms. The predicted molar refractivity (Wildman–Crippen MR) is 285 cm³/mol. The van der Waals surface area contributed by atoms with Crippen molar-refractivity contribution in [2.24, 2.45) is 0 Å². The molecule has 11 aromatic carbocycles. The molecule has 0 aliphatic heterocycles. The van der Waals surface area contributed by atoms with Gasteiger partial charge in [-0.15, -0.1) is 0 Å². The Bertz CT molecular complexity index is 4110. The Kier molecular flexibility index (Phi) is 8.02. The molecular weight excluding hydrogens is 832 g/mol. The summed E-state index contributed by atoms with van der Waals surface area (Å²) in [5.74, 6) is 0. The Labute approximate surface area is 388 Å². The van der Waals surface area contributed by atoms with E-state index in [2.05, 4.69) is 247 Å². The van der Waals surface area contributed by atoms with E-state index >= 15 is 4.57 Å². The van der Waals surface area contributed by atoms with Crippen LogP contribution >= 0.6 is 7.14 Å². The van der Waals surface area contributed by atoms with Crippen molar-refractivity contribution in [1.82, 2.24) is 9.13 Å². The Balaban J connectivity index is 1.06. The number of aromatic nitrogens is 2. The van der Waals surface area contributed by atoms with E-state index in [9.17, 15) is 0 Å². The summed E-state index contributed by atoms with van der Waals surface area (Å²) in [6.07, 6.45) is 0. The molecule has 0 amide bonds. The molecule has 14 rings (SSSR count). The van der Waals surface area contributed by atoms with Gasteiger partial charge in [0.2, 0.25) is 0 Å². The average Bonchev–Trinajstić information content (AvgIpc) is 3.98. The van der Waals surface area contributed by atoms with E-state index in [1.165, 1.54) is 43.8 Å². The third-order valence-corrected chi connectivity index (χ3v) is 18.0. The van der Waals surface area contributed by atoms with Gasteiger partial charge in [0.25, 0.3) is 0 Å². The van der Waals surface area contributed by atoms with Crippen molar-refractivity contribution < 1.29 is 4.57 Å². The zero-order valence-corrected chi connectivity index (χ0v) is 38.0. The van der Waals surface area contributed by atoms with E-state index in [4.69, 9.17) is 0 Å². The SMILES string of the molecule is CC1(C)c2ccccc2-c2cc3c4ccccc4c4cc(P(=O)(c5ccc6c(c5)c5ccccc5n6-c5ccccc5)c5ccc6c(c5)c5ccccc5n6-c5ccccc5)ccc4c3cc21. The van der Waals surface area contributed by atoms with Crippen molar-refractivity contribution in [3.05, 3.63) is 236 Å². The highest BCUT2D eigenvalue weighted by Crippen LogP contribution is 2.52. The van der Waals surface area contributed by atoms with E-state index in [1.54, 1.807) is 0 Å². The van der Waals surface area contributed by atoms with Crippen LogP contribution in [0.3, 0.4) is 0 Å². The first-order valence-corrected chi connectivity index (χ1v) is 24.9. The van der Waals surface area contributed by atoms with Crippen LogP contribution in [0.15, 0.2) is 224 Å². The van der Waals surface area contributed by atoms with Crippen molar-refractivity contribution >= 4 is 99.0 Å². The Hall–Kier alpha value is -7.97. The van der Waals surface area contributed by atoms with Crippen molar-refractivity contribution in [1.29, 1.82) is 0 Å². The maximum Gasteiger partial charge on any atom is 0.171 e. The summed E-state index contributed by atoms with van der Waals surface area (Å²) in [5.41, 5.74) is 11.8. The predicted octanol–water partition coefficient (Wildman–Crippen LogP) is 15.3. The van der Waals surface area contributed by atoms with Gasteiger partial charge in [0, 0.05) is 54.2 Å². The van der Waals surface area contributed by atoms with Gasteiger partial charge in [0.1, 0.15) is 0 Å². The topological polar surface area (TPSA) is 26.9 Å². The molecule has 1 aliphatic carbocycles. The lowest BCUT2D eigenvalue weighted by Crippen LogP contribution is -2.25. The molecule has 3 nitrogen and oxygen atoms in total. The summed E-state index contributed by atoms with van der Waals surface area (Å²) in [7, 11) is -3.60. The standard InChI is InChI=1S/C63H43N2OP/c1-63(2)57-26-14-11-23-48(57)54-38-52-46-22-10-9-21-45(46)51-35-42(29-32-47(51)53(52)39-58(54)63)67(66,43-30-33-61-55(36-43)49-24-12-15-27-59(49)64(61)40-17-5-3-6-18-40)44-31-34-62-56(37-44)50-25-13-16-28-60(50)65(62)41-19-7-4-8-20-41/h3-39H,1-2H3. The minimum absolute atomic E-state index is 0.141.